The van der Waals surface area contributed by atoms with Crippen molar-refractivity contribution in [3.8, 4) is 11.6 Å². The van der Waals surface area contributed by atoms with Crippen LogP contribution in [0.5, 0.6) is 11.6 Å². The maximum Gasteiger partial charge on any atom is 0.573 e. The van der Waals surface area contributed by atoms with Crippen LogP contribution in [0.25, 0.3) is 0 Å². The normalized spacial score (nSPS) is 12.3. The SMILES string of the molecule is COc1ncc(S(=O)(=O)Cl)c(Br)c1OC(F)(F)F. The first-order chi connectivity index (χ1) is 8.06. The van der Waals surface area contributed by atoms with Crippen molar-refractivity contribution < 1.29 is 31.1 Å². The smallest absolute Gasteiger partial charge is 0.478 e. The molecular weight excluding hydrogens is 366 g/mol. The van der Waals surface area contributed by atoms with Crippen LogP contribution < -0.4 is 9.47 Å². The highest BCUT2D eigenvalue weighted by Crippen LogP contribution is 2.41. The van der Waals surface area contributed by atoms with Gasteiger partial charge in [0, 0.05) is 10.7 Å². The summed E-state index contributed by atoms with van der Waals surface area (Å²) in [4.78, 5) is 2.70. The number of ether oxygens (including phenoxy) is 2. The van der Waals surface area contributed by atoms with E-state index in [9.17, 15) is 21.6 Å². The quantitative estimate of drug-likeness (QED) is 0.766. The number of rotatable bonds is 3. The van der Waals surface area contributed by atoms with Crippen LogP contribution >= 0.6 is 26.6 Å². The van der Waals surface area contributed by atoms with Crippen LogP contribution in [-0.4, -0.2) is 26.9 Å². The van der Waals surface area contributed by atoms with Crippen molar-refractivity contribution in [2.45, 2.75) is 11.3 Å². The summed E-state index contributed by atoms with van der Waals surface area (Å²) in [7, 11) is 1.80. The molecule has 0 saturated carbocycles. The maximum atomic E-state index is 12.2. The Labute approximate surface area is 112 Å². The van der Waals surface area contributed by atoms with Crippen molar-refractivity contribution in [3.05, 3.63) is 10.7 Å². The van der Waals surface area contributed by atoms with Gasteiger partial charge < -0.3 is 9.47 Å². The molecule has 0 aliphatic heterocycles. The molecule has 1 heterocycles. The Morgan fingerprint density at radius 2 is 2.00 bits per heavy atom. The highest BCUT2D eigenvalue weighted by Gasteiger charge is 2.35. The van der Waals surface area contributed by atoms with Crippen molar-refractivity contribution in [2.75, 3.05) is 7.11 Å². The Balaban J connectivity index is 3.46. The van der Waals surface area contributed by atoms with Crippen molar-refractivity contribution in [1.29, 1.82) is 0 Å². The van der Waals surface area contributed by atoms with Gasteiger partial charge in [-0.2, -0.15) is 0 Å². The van der Waals surface area contributed by atoms with Crippen LogP contribution in [0.3, 0.4) is 0 Å². The number of hydrogen-bond donors (Lipinski definition) is 0. The number of methoxy groups -OCH3 is 1. The molecule has 0 unspecified atom stereocenters. The highest BCUT2D eigenvalue weighted by molar-refractivity contribution is 9.10. The van der Waals surface area contributed by atoms with Crippen molar-refractivity contribution in [3.63, 3.8) is 0 Å². The third kappa shape index (κ3) is 3.62. The third-order valence-electron chi connectivity index (χ3n) is 1.58. The summed E-state index contributed by atoms with van der Waals surface area (Å²) in [6.45, 7) is 0. The van der Waals surface area contributed by atoms with Gasteiger partial charge in [-0.3, -0.25) is 0 Å². The van der Waals surface area contributed by atoms with E-state index in [1.165, 1.54) is 0 Å². The monoisotopic (exact) mass is 369 g/mol. The zero-order valence-corrected chi connectivity index (χ0v) is 11.6. The number of nitrogens with zero attached hydrogens (tertiary/aromatic N) is 1. The average Bonchev–Trinajstić information content (AvgIpc) is 2.17. The second-order valence-electron chi connectivity index (χ2n) is 2.76. The maximum absolute atomic E-state index is 12.2. The van der Waals surface area contributed by atoms with Gasteiger partial charge in [-0.05, 0) is 15.9 Å². The lowest BCUT2D eigenvalue weighted by atomic mass is 10.4. The summed E-state index contributed by atoms with van der Waals surface area (Å²) < 4.78 is 66.3. The van der Waals surface area contributed by atoms with Gasteiger partial charge in [-0.1, -0.05) is 0 Å². The van der Waals surface area contributed by atoms with Gasteiger partial charge in [-0.25, -0.2) is 13.4 Å². The molecule has 1 aromatic heterocycles. The standard InChI is InChI=1S/C7H4BrClF3NO4S/c1-16-6-5(17-7(10,11)12)4(8)3(2-13-6)18(9,14)15/h2H,1H3. The zero-order chi connectivity index (χ0) is 14.1. The van der Waals surface area contributed by atoms with Gasteiger partial charge in [0.15, 0.2) is 0 Å². The summed E-state index contributed by atoms with van der Waals surface area (Å²) in [6.07, 6.45) is -4.29. The predicted molar refractivity (Wildman–Crippen MR) is 58.2 cm³/mol. The first-order valence-electron chi connectivity index (χ1n) is 3.99. The van der Waals surface area contributed by atoms with E-state index in [1.807, 2.05) is 0 Å². The van der Waals surface area contributed by atoms with Gasteiger partial charge in [0.2, 0.25) is 5.75 Å². The van der Waals surface area contributed by atoms with E-state index in [-0.39, 0.29) is 0 Å². The van der Waals surface area contributed by atoms with E-state index in [4.69, 9.17) is 10.7 Å². The molecule has 0 bridgehead atoms. The van der Waals surface area contributed by atoms with E-state index < -0.39 is 36.4 Å². The lowest BCUT2D eigenvalue weighted by Crippen LogP contribution is -2.18. The molecule has 0 N–H and O–H groups in total. The summed E-state index contributed by atoms with van der Waals surface area (Å²) in [5.41, 5.74) is 0. The summed E-state index contributed by atoms with van der Waals surface area (Å²) in [6, 6.07) is 0. The van der Waals surface area contributed by atoms with Gasteiger partial charge >= 0.3 is 6.36 Å². The number of pyridine rings is 1. The van der Waals surface area contributed by atoms with E-state index >= 15 is 0 Å². The first kappa shape index (κ1) is 15.3. The van der Waals surface area contributed by atoms with Crippen LogP contribution in [0.15, 0.2) is 15.6 Å². The Bertz CT molecular complexity index is 563. The minimum absolute atomic E-state index is 0.526. The Morgan fingerprint density at radius 1 is 1.44 bits per heavy atom. The minimum Gasteiger partial charge on any atom is -0.478 e. The fourth-order valence-corrected chi connectivity index (χ4v) is 3.07. The van der Waals surface area contributed by atoms with Gasteiger partial charge in [0.1, 0.15) is 4.90 Å². The summed E-state index contributed by atoms with van der Waals surface area (Å²) in [5.74, 6) is -1.46. The van der Waals surface area contributed by atoms with Crippen molar-refractivity contribution >= 4 is 35.7 Å². The molecule has 0 aliphatic rings. The van der Waals surface area contributed by atoms with Crippen LogP contribution in [0, 0.1) is 0 Å². The van der Waals surface area contributed by atoms with Crippen molar-refractivity contribution in [2.24, 2.45) is 0 Å². The number of halogens is 5. The van der Waals surface area contributed by atoms with Crippen LogP contribution in [0.1, 0.15) is 0 Å². The van der Waals surface area contributed by atoms with Gasteiger partial charge in [-0.15, -0.1) is 13.2 Å². The second-order valence-corrected chi connectivity index (χ2v) is 6.09. The average molecular weight is 371 g/mol. The zero-order valence-electron chi connectivity index (χ0n) is 8.46. The summed E-state index contributed by atoms with van der Waals surface area (Å²) >= 11 is 2.65. The third-order valence-corrected chi connectivity index (χ3v) is 3.97. The topological polar surface area (TPSA) is 65.5 Å². The molecule has 102 valence electrons. The van der Waals surface area contributed by atoms with Gasteiger partial charge in [0.25, 0.3) is 14.9 Å². The Hall–Kier alpha value is -0.740. The fraction of sp³-hybridized carbons (Fsp3) is 0.286. The van der Waals surface area contributed by atoms with Crippen LogP contribution in [0.4, 0.5) is 13.2 Å². The highest BCUT2D eigenvalue weighted by atomic mass is 79.9. The largest absolute Gasteiger partial charge is 0.573 e. The lowest BCUT2D eigenvalue weighted by molar-refractivity contribution is -0.275. The van der Waals surface area contributed by atoms with E-state index in [0.29, 0.717) is 0 Å². The Kier molecular flexibility index (Phi) is 4.34. The Morgan fingerprint density at radius 3 is 2.39 bits per heavy atom. The van der Waals surface area contributed by atoms with Crippen LogP contribution in [0.2, 0.25) is 0 Å². The molecule has 18 heavy (non-hydrogen) atoms. The molecule has 1 rings (SSSR count). The first-order valence-corrected chi connectivity index (χ1v) is 7.09. The predicted octanol–water partition coefficient (Wildman–Crippen LogP) is 2.68. The minimum atomic E-state index is -5.04. The number of alkyl halides is 3. The van der Waals surface area contributed by atoms with E-state index in [2.05, 4.69) is 30.4 Å². The van der Waals surface area contributed by atoms with E-state index in [1.54, 1.807) is 0 Å². The molecule has 0 aromatic carbocycles. The molecule has 0 aliphatic carbocycles. The summed E-state index contributed by atoms with van der Waals surface area (Å²) in [5, 5.41) is 0. The molecule has 0 saturated heterocycles. The molecular formula is C7H4BrClF3NO4S. The van der Waals surface area contributed by atoms with E-state index in [0.717, 1.165) is 13.3 Å². The molecule has 5 nitrogen and oxygen atoms in total. The fourth-order valence-electron chi connectivity index (χ4n) is 0.958. The lowest BCUT2D eigenvalue weighted by Gasteiger charge is -2.14. The molecule has 0 fully saturated rings. The molecule has 11 heteroatoms. The molecule has 0 atom stereocenters. The van der Waals surface area contributed by atoms with Crippen LogP contribution in [-0.2, 0) is 9.05 Å². The molecule has 0 spiro atoms. The second kappa shape index (κ2) is 5.10. The number of hydrogen-bond acceptors (Lipinski definition) is 5. The molecule has 0 amide bonds. The van der Waals surface area contributed by atoms with Gasteiger partial charge in [0.05, 0.1) is 17.8 Å². The molecule has 0 radical (unpaired) electrons. The van der Waals surface area contributed by atoms with Crippen molar-refractivity contribution in [1.82, 2.24) is 4.98 Å². The molecule has 1 aromatic rings. The number of aromatic nitrogens is 1.